The standard InChI is InChI=1S/C19H15N5O3S/c1-10(18(25)20-11-6-7-14-15(8-11)27-9-26-14)28-19-22-17-16(23-24-19)12-4-2-3-5-13(12)21-17/h2-8,10H,9H2,1H3,(H,20,25)(H,21,22,24)/t10-/m0/s1. The summed E-state index contributed by atoms with van der Waals surface area (Å²) in [5, 5.41) is 12.3. The first-order chi connectivity index (χ1) is 13.7. The second-order valence-electron chi connectivity index (χ2n) is 6.28. The fourth-order valence-electron chi connectivity index (χ4n) is 2.99. The van der Waals surface area contributed by atoms with Crippen LogP contribution in [0.15, 0.2) is 47.6 Å². The predicted molar refractivity (Wildman–Crippen MR) is 106 cm³/mol. The van der Waals surface area contributed by atoms with Crippen LogP contribution in [-0.2, 0) is 4.79 Å². The number of fused-ring (bicyclic) bond motifs is 4. The van der Waals surface area contributed by atoms with Crippen LogP contribution in [0.25, 0.3) is 22.1 Å². The van der Waals surface area contributed by atoms with E-state index in [1.54, 1.807) is 25.1 Å². The monoisotopic (exact) mass is 393 g/mol. The number of thioether (sulfide) groups is 1. The number of rotatable bonds is 4. The summed E-state index contributed by atoms with van der Waals surface area (Å²) in [6, 6.07) is 13.1. The first-order valence-electron chi connectivity index (χ1n) is 8.66. The molecule has 0 radical (unpaired) electrons. The zero-order valence-corrected chi connectivity index (χ0v) is 15.6. The van der Waals surface area contributed by atoms with Crippen molar-refractivity contribution < 1.29 is 14.3 Å². The van der Waals surface area contributed by atoms with Crippen LogP contribution < -0.4 is 14.8 Å². The van der Waals surface area contributed by atoms with Crippen LogP contribution in [0.5, 0.6) is 11.5 Å². The Balaban J connectivity index is 1.32. The van der Waals surface area contributed by atoms with Crippen molar-refractivity contribution in [1.82, 2.24) is 20.2 Å². The molecule has 8 nitrogen and oxygen atoms in total. The van der Waals surface area contributed by atoms with Gasteiger partial charge in [0, 0.05) is 22.7 Å². The van der Waals surface area contributed by atoms with Gasteiger partial charge in [-0.2, -0.15) is 0 Å². The highest BCUT2D eigenvalue weighted by atomic mass is 32.2. The fraction of sp³-hybridized carbons (Fsp3) is 0.158. The minimum atomic E-state index is -0.408. The maximum absolute atomic E-state index is 12.5. The maximum atomic E-state index is 12.5. The van der Waals surface area contributed by atoms with Crippen LogP contribution in [0.4, 0.5) is 5.69 Å². The molecule has 5 rings (SSSR count). The van der Waals surface area contributed by atoms with Gasteiger partial charge in [-0.25, -0.2) is 4.98 Å². The molecule has 0 spiro atoms. The molecule has 1 aliphatic heterocycles. The number of H-pyrrole nitrogens is 1. The van der Waals surface area contributed by atoms with E-state index in [1.807, 2.05) is 24.3 Å². The summed E-state index contributed by atoms with van der Waals surface area (Å²) < 4.78 is 10.6. The van der Waals surface area contributed by atoms with Gasteiger partial charge in [-0.05, 0) is 25.1 Å². The van der Waals surface area contributed by atoms with Crippen molar-refractivity contribution in [3.63, 3.8) is 0 Å². The Hall–Kier alpha value is -3.33. The largest absolute Gasteiger partial charge is 0.454 e. The van der Waals surface area contributed by atoms with E-state index >= 15 is 0 Å². The number of aromatic nitrogens is 4. The Morgan fingerprint density at radius 1 is 1.18 bits per heavy atom. The van der Waals surface area contributed by atoms with Gasteiger partial charge in [0.05, 0.1) is 5.25 Å². The molecule has 0 saturated heterocycles. The number of carbonyl (C=O) groups is 1. The molecule has 0 unspecified atom stereocenters. The van der Waals surface area contributed by atoms with E-state index in [4.69, 9.17) is 9.47 Å². The van der Waals surface area contributed by atoms with Crippen molar-refractivity contribution in [3.05, 3.63) is 42.5 Å². The van der Waals surface area contributed by atoms with Gasteiger partial charge in [-0.15, -0.1) is 10.2 Å². The molecule has 9 heteroatoms. The number of carbonyl (C=O) groups excluding carboxylic acids is 1. The lowest BCUT2D eigenvalue weighted by Crippen LogP contribution is -2.22. The number of hydrogen-bond acceptors (Lipinski definition) is 7. The van der Waals surface area contributed by atoms with Gasteiger partial charge in [0.1, 0.15) is 5.52 Å². The van der Waals surface area contributed by atoms with Crippen LogP contribution >= 0.6 is 11.8 Å². The second kappa shape index (κ2) is 6.68. The number of amides is 1. The van der Waals surface area contributed by atoms with E-state index in [-0.39, 0.29) is 12.7 Å². The van der Waals surface area contributed by atoms with Crippen molar-refractivity contribution in [2.24, 2.45) is 0 Å². The normalized spacial score (nSPS) is 13.8. The summed E-state index contributed by atoms with van der Waals surface area (Å²) in [6.07, 6.45) is 0. The SMILES string of the molecule is C[C@H](Sc1nnc2c(n1)[nH]c1ccccc12)C(=O)Nc1ccc2c(c1)OCO2. The van der Waals surface area contributed by atoms with Crippen molar-refractivity contribution in [2.45, 2.75) is 17.3 Å². The summed E-state index contributed by atoms with van der Waals surface area (Å²) in [5.74, 6) is 1.13. The molecule has 2 aromatic carbocycles. The molecule has 1 atom stereocenters. The summed E-state index contributed by atoms with van der Waals surface area (Å²) in [7, 11) is 0. The highest BCUT2D eigenvalue weighted by Gasteiger charge is 2.19. The molecule has 0 fully saturated rings. The van der Waals surface area contributed by atoms with E-state index in [1.165, 1.54) is 11.8 Å². The van der Waals surface area contributed by atoms with Crippen LogP contribution in [-0.4, -0.2) is 38.1 Å². The second-order valence-corrected chi connectivity index (χ2v) is 7.59. The topological polar surface area (TPSA) is 102 Å². The lowest BCUT2D eigenvalue weighted by atomic mass is 10.2. The Morgan fingerprint density at radius 3 is 2.96 bits per heavy atom. The zero-order chi connectivity index (χ0) is 19.1. The summed E-state index contributed by atoms with van der Waals surface area (Å²) in [4.78, 5) is 20.3. The van der Waals surface area contributed by atoms with E-state index in [9.17, 15) is 4.79 Å². The molecule has 28 heavy (non-hydrogen) atoms. The lowest BCUT2D eigenvalue weighted by molar-refractivity contribution is -0.115. The van der Waals surface area contributed by atoms with Gasteiger partial charge in [0.2, 0.25) is 17.9 Å². The van der Waals surface area contributed by atoms with E-state index in [0.717, 1.165) is 16.4 Å². The van der Waals surface area contributed by atoms with Crippen molar-refractivity contribution in [1.29, 1.82) is 0 Å². The summed E-state index contributed by atoms with van der Waals surface area (Å²) in [6.45, 7) is 1.99. The number of anilines is 1. The highest BCUT2D eigenvalue weighted by Crippen LogP contribution is 2.34. The Kier molecular flexibility index (Phi) is 4.01. The van der Waals surface area contributed by atoms with Gasteiger partial charge in [-0.1, -0.05) is 30.0 Å². The van der Waals surface area contributed by atoms with Crippen molar-refractivity contribution in [3.8, 4) is 11.5 Å². The molecule has 2 aromatic heterocycles. The average molecular weight is 393 g/mol. The van der Waals surface area contributed by atoms with Crippen LogP contribution in [0.3, 0.4) is 0 Å². The molecule has 0 saturated carbocycles. The molecule has 1 amide bonds. The lowest BCUT2D eigenvalue weighted by Gasteiger charge is -2.11. The average Bonchev–Trinajstić information content (AvgIpc) is 3.31. The first kappa shape index (κ1) is 16.8. The molecule has 4 aromatic rings. The van der Waals surface area contributed by atoms with Crippen LogP contribution in [0, 0.1) is 0 Å². The first-order valence-corrected chi connectivity index (χ1v) is 9.54. The van der Waals surface area contributed by atoms with Gasteiger partial charge in [-0.3, -0.25) is 4.79 Å². The maximum Gasteiger partial charge on any atom is 0.237 e. The molecular weight excluding hydrogens is 378 g/mol. The number of nitrogens with zero attached hydrogens (tertiary/aromatic N) is 3. The number of ether oxygens (including phenoxy) is 2. The summed E-state index contributed by atoms with van der Waals surface area (Å²) in [5.41, 5.74) is 2.97. The Labute approximate surface area is 163 Å². The van der Waals surface area contributed by atoms with E-state index in [0.29, 0.717) is 28.0 Å². The van der Waals surface area contributed by atoms with Crippen molar-refractivity contribution in [2.75, 3.05) is 12.1 Å². The van der Waals surface area contributed by atoms with Crippen LogP contribution in [0.1, 0.15) is 6.92 Å². The number of benzene rings is 2. The highest BCUT2D eigenvalue weighted by molar-refractivity contribution is 8.00. The van der Waals surface area contributed by atoms with Gasteiger partial charge in [0.15, 0.2) is 17.1 Å². The Morgan fingerprint density at radius 2 is 2.04 bits per heavy atom. The zero-order valence-electron chi connectivity index (χ0n) is 14.8. The van der Waals surface area contributed by atoms with Gasteiger partial charge in [0.25, 0.3) is 0 Å². The van der Waals surface area contributed by atoms with E-state index in [2.05, 4.69) is 25.5 Å². The number of aromatic amines is 1. The molecule has 2 N–H and O–H groups in total. The van der Waals surface area contributed by atoms with Crippen molar-refractivity contribution >= 4 is 45.4 Å². The molecule has 140 valence electrons. The van der Waals surface area contributed by atoms with Crippen LogP contribution in [0.2, 0.25) is 0 Å². The number of nitrogens with one attached hydrogen (secondary N) is 2. The van der Waals surface area contributed by atoms with Gasteiger partial charge < -0.3 is 19.8 Å². The molecular formula is C19H15N5O3S. The molecule has 1 aliphatic rings. The number of para-hydroxylation sites is 1. The fourth-order valence-corrected chi connectivity index (χ4v) is 3.70. The minimum Gasteiger partial charge on any atom is -0.454 e. The number of hydrogen-bond donors (Lipinski definition) is 2. The minimum absolute atomic E-state index is 0.163. The third-order valence-corrected chi connectivity index (χ3v) is 5.35. The summed E-state index contributed by atoms with van der Waals surface area (Å²) >= 11 is 1.25. The molecule has 0 aliphatic carbocycles. The van der Waals surface area contributed by atoms with Gasteiger partial charge >= 0.3 is 0 Å². The molecule has 3 heterocycles. The Bertz CT molecular complexity index is 1210. The quantitative estimate of drug-likeness (QED) is 0.513. The third kappa shape index (κ3) is 2.99. The smallest absolute Gasteiger partial charge is 0.237 e. The molecule has 0 bridgehead atoms. The predicted octanol–water partition coefficient (Wildman–Crippen LogP) is 3.35. The van der Waals surface area contributed by atoms with E-state index < -0.39 is 5.25 Å². The third-order valence-electron chi connectivity index (χ3n) is 4.39.